The number of nitrogens with zero attached hydrogens (tertiary/aromatic N) is 1. The molecule has 6 nitrogen and oxygen atoms in total. The Morgan fingerprint density at radius 3 is 2.52 bits per heavy atom. The van der Waals surface area contributed by atoms with Crippen LogP contribution in [-0.2, 0) is 9.59 Å². The number of halogens is 1. The molecular formula is C26H24ClNO5. The van der Waals surface area contributed by atoms with Gasteiger partial charge in [-0.05, 0) is 66.4 Å². The predicted molar refractivity (Wildman–Crippen MR) is 127 cm³/mol. The molecule has 1 aliphatic heterocycles. The number of aliphatic hydroxyl groups excluding tert-OH is 1. The molecule has 33 heavy (non-hydrogen) atoms. The molecule has 7 heteroatoms. The van der Waals surface area contributed by atoms with Gasteiger partial charge in [0, 0.05) is 16.3 Å². The highest BCUT2D eigenvalue weighted by atomic mass is 35.5. The van der Waals surface area contributed by atoms with E-state index in [2.05, 4.69) is 0 Å². The number of hydrogen-bond acceptors (Lipinski definition) is 5. The Hall–Kier alpha value is -3.51. The second-order valence-electron chi connectivity index (χ2n) is 8.23. The zero-order chi connectivity index (χ0) is 23.9. The fourth-order valence-corrected chi connectivity index (χ4v) is 4.21. The highest BCUT2D eigenvalue weighted by Gasteiger charge is 2.48. The normalized spacial score (nSPS) is 17.8. The smallest absolute Gasteiger partial charge is 0.300 e. The van der Waals surface area contributed by atoms with E-state index in [-0.39, 0.29) is 17.3 Å². The number of aryl methyl sites for hydroxylation is 1. The molecule has 1 aromatic heterocycles. The van der Waals surface area contributed by atoms with E-state index in [0.29, 0.717) is 27.8 Å². The van der Waals surface area contributed by atoms with E-state index in [9.17, 15) is 14.7 Å². The van der Waals surface area contributed by atoms with Crippen molar-refractivity contribution in [3.63, 3.8) is 0 Å². The molecule has 1 aliphatic rings. The number of aliphatic hydroxyl groups is 1. The Bertz CT molecular complexity index is 1260. The van der Waals surface area contributed by atoms with Gasteiger partial charge < -0.3 is 14.3 Å². The molecule has 0 bridgehead atoms. The minimum atomic E-state index is -0.941. The van der Waals surface area contributed by atoms with Crippen molar-refractivity contribution >= 4 is 34.7 Å². The summed E-state index contributed by atoms with van der Waals surface area (Å²) in [5.74, 6) is -0.697. The van der Waals surface area contributed by atoms with Gasteiger partial charge in [-0.2, -0.15) is 0 Å². The van der Waals surface area contributed by atoms with Crippen LogP contribution in [0.5, 0.6) is 5.75 Å². The van der Waals surface area contributed by atoms with E-state index in [0.717, 1.165) is 11.1 Å². The fraction of sp³-hybridized carbons (Fsp3) is 0.231. The summed E-state index contributed by atoms with van der Waals surface area (Å²) in [4.78, 5) is 27.7. The van der Waals surface area contributed by atoms with Crippen LogP contribution in [0.4, 0.5) is 5.69 Å². The molecule has 0 saturated carbocycles. The van der Waals surface area contributed by atoms with E-state index in [1.807, 2.05) is 20.8 Å². The summed E-state index contributed by atoms with van der Waals surface area (Å²) < 4.78 is 11.0. The minimum Gasteiger partial charge on any atom is -0.507 e. The highest BCUT2D eigenvalue weighted by molar-refractivity contribution is 6.51. The molecule has 0 aliphatic carbocycles. The number of methoxy groups -OCH3 is 1. The van der Waals surface area contributed by atoms with Crippen molar-refractivity contribution in [3.8, 4) is 5.75 Å². The molecule has 1 fully saturated rings. The third-order valence-electron chi connectivity index (χ3n) is 5.82. The molecule has 2 heterocycles. The summed E-state index contributed by atoms with van der Waals surface area (Å²) in [6.07, 6.45) is 1.46. The first-order valence-corrected chi connectivity index (χ1v) is 10.9. The molecule has 0 spiro atoms. The Balaban J connectivity index is 1.92. The first-order valence-electron chi connectivity index (χ1n) is 10.5. The Morgan fingerprint density at radius 1 is 1.15 bits per heavy atom. The molecular weight excluding hydrogens is 442 g/mol. The van der Waals surface area contributed by atoms with Gasteiger partial charge in [0.2, 0.25) is 0 Å². The summed E-state index contributed by atoms with van der Waals surface area (Å²) in [6, 6.07) is 12.7. The number of carbonyl (C=O) groups excluding carboxylic acids is 2. The monoisotopic (exact) mass is 465 g/mol. The van der Waals surface area contributed by atoms with Crippen LogP contribution in [0.2, 0.25) is 5.02 Å². The molecule has 1 N–H and O–H groups in total. The number of hydrogen-bond donors (Lipinski definition) is 1. The van der Waals surface area contributed by atoms with Crippen molar-refractivity contribution in [1.82, 2.24) is 0 Å². The molecule has 2 aromatic carbocycles. The average molecular weight is 466 g/mol. The first kappa shape index (κ1) is 22.7. The molecule has 1 saturated heterocycles. The van der Waals surface area contributed by atoms with Gasteiger partial charge in [0.1, 0.15) is 23.3 Å². The van der Waals surface area contributed by atoms with Gasteiger partial charge in [-0.25, -0.2) is 0 Å². The number of ether oxygens (including phenoxy) is 1. The van der Waals surface area contributed by atoms with Crippen LogP contribution in [0.25, 0.3) is 5.76 Å². The SMILES string of the molecule is COc1ccc(/C(O)=C2/C(=O)C(=O)N(c3ccc(C)c(Cl)c3)C2c2ccco2)cc1C(C)C. The number of benzene rings is 2. The number of furan rings is 1. The average Bonchev–Trinajstić information content (AvgIpc) is 3.42. The quantitative estimate of drug-likeness (QED) is 0.284. The third kappa shape index (κ3) is 3.91. The Kier molecular flexibility index (Phi) is 6.04. The van der Waals surface area contributed by atoms with Crippen LogP contribution >= 0.6 is 11.6 Å². The Morgan fingerprint density at radius 2 is 1.91 bits per heavy atom. The van der Waals surface area contributed by atoms with E-state index < -0.39 is 17.7 Å². The number of Topliss-reactive ketones (excluding diaryl/α,β-unsaturated/α-hetero) is 1. The first-order chi connectivity index (χ1) is 15.7. The molecule has 4 rings (SSSR count). The van der Waals surface area contributed by atoms with Gasteiger partial charge in [-0.15, -0.1) is 0 Å². The van der Waals surface area contributed by atoms with Crippen LogP contribution in [0.1, 0.15) is 48.3 Å². The van der Waals surface area contributed by atoms with Crippen LogP contribution in [-0.4, -0.2) is 23.9 Å². The lowest BCUT2D eigenvalue weighted by molar-refractivity contribution is -0.132. The topological polar surface area (TPSA) is 80.0 Å². The summed E-state index contributed by atoms with van der Waals surface area (Å²) >= 11 is 6.30. The standard InChI is InChI=1S/C26H24ClNO5/c1-14(2)18-12-16(8-10-20(18)32-4)24(29)22-23(21-6-5-11-33-21)28(26(31)25(22)30)17-9-7-15(3)19(27)13-17/h5-14,23,29H,1-4H3/b24-22-. The number of amides is 1. The molecule has 0 radical (unpaired) electrons. The van der Waals surface area contributed by atoms with Crippen molar-refractivity contribution in [1.29, 1.82) is 0 Å². The van der Waals surface area contributed by atoms with Gasteiger partial charge in [-0.1, -0.05) is 31.5 Å². The lowest BCUT2D eigenvalue weighted by Crippen LogP contribution is -2.29. The van der Waals surface area contributed by atoms with Crippen molar-refractivity contribution in [2.75, 3.05) is 12.0 Å². The highest BCUT2D eigenvalue weighted by Crippen LogP contribution is 2.43. The zero-order valence-corrected chi connectivity index (χ0v) is 19.5. The summed E-state index contributed by atoms with van der Waals surface area (Å²) in [5, 5.41) is 11.7. The molecule has 1 unspecified atom stereocenters. The molecule has 170 valence electrons. The van der Waals surface area contributed by atoms with Gasteiger partial charge >= 0.3 is 0 Å². The number of carbonyl (C=O) groups is 2. The summed E-state index contributed by atoms with van der Waals surface area (Å²) in [7, 11) is 1.58. The number of ketones is 1. The van der Waals surface area contributed by atoms with E-state index >= 15 is 0 Å². The van der Waals surface area contributed by atoms with Crippen molar-refractivity contribution in [3.05, 3.63) is 87.8 Å². The van der Waals surface area contributed by atoms with Gasteiger partial charge in [-0.3, -0.25) is 14.5 Å². The zero-order valence-electron chi connectivity index (χ0n) is 18.8. The van der Waals surface area contributed by atoms with Gasteiger partial charge in [0.25, 0.3) is 11.7 Å². The largest absolute Gasteiger partial charge is 0.507 e. The lowest BCUT2D eigenvalue weighted by atomic mass is 9.95. The summed E-state index contributed by atoms with van der Waals surface area (Å²) in [6.45, 7) is 5.86. The second-order valence-corrected chi connectivity index (χ2v) is 8.64. The fourth-order valence-electron chi connectivity index (χ4n) is 4.03. The maximum Gasteiger partial charge on any atom is 0.300 e. The number of rotatable bonds is 5. The van der Waals surface area contributed by atoms with Crippen LogP contribution in [0.3, 0.4) is 0 Å². The van der Waals surface area contributed by atoms with E-state index in [4.69, 9.17) is 20.8 Å². The van der Waals surface area contributed by atoms with Crippen molar-refractivity contribution in [2.45, 2.75) is 32.7 Å². The second kappa shape index (κ2) is 8.79. The minimum absolute atomic E-state index is 0.0495. The lowest BCUT2D eigenvalue weighted by Gasteiger charge is -2.24. The van der Waals surface area contributed by atoms with Gasteiger partial charge in [0.05, 0.1) is 18.9 Å². The Labute approximate surface area is 197 Å². The van der Waals surface area contributed by atoms with Crippen LogP contribution < -0.4 is 9.64 Å². The predicted octanol–water partition coefficient (Wildman–Crippen LogP) is 6.00. The van der Waals surface area contributed by atoms with Crippen molar-refractivity contribution in [2.24, 2.45) is 0 Å². The number of anilines is 1. The molecule has 3 aromatic rings. The van der Waals surface area contributed by atoms with Crippen LogP contribution in [0, 0.1) is 6.92 Å². The van der Waals surface area contributed by atoms with Crippen LogP contribution in [0.15, 0.2) is 64.8 Å². The van der Waals surface area contributed by atoms with E-state index in [1.54, 1.807) is 55.6 Å². The maximum absolute atomic E-state index is 13.2. The maximum atomic E-state index is 13.2. The summed E-state index contributed by atoms with van der Waals surface area (Å²) in [5.41, 5.74) is 2.51. The van der Waals surface area contributed by atoms with Crippen molar-refractivity contribution < 1.29 is 23.8 Å². The van der Waals surface area contributed by atoms with E-state index in [1.165, 1.54) is 11.2 Å². The molecule has 1 atom stereocenters. The third-order valence-corrected chi connectivity index (χ3v) is 6.22. The molecule has 1 amide bonds. The van der Waals surface area contributed by atoms with Gasteiger partial charge in [0.15, 0.2) is 0 Å².